The smallest absolute Gasteiger partial charge is 0.293 e. The quantitative estimate of drug-likeness (QED) is 0.567. The van der Waals surface area contributed by atoms with E-state index in [0.717, 1.165) is 28.6 Å². The fraction of sp³-hybridized carbons (Fsp3) is 0.125. The van der Waals surface area contributed by atoms with E-state index in [9.17, 15) is 10.1 Å². The maximum atomic E-state index is 11.2. The van der Waals surface area contributed by atoms with Gasteiger partial charge in [0.1, 0.15) is 5.52 Å². The van der Waals surface area contributed by atoms with Crippen LogP contribution in [0.15, 0.2) is 48.5 Å². The fourth-order valence-corrected chi connectivity index (χ4v) is 2.41. The summed E-state index contributed by atoms with van der Waals surface area (Å²) in [5.41, 5.74) is 3.63. The lowest BCUT2D eigenvalue weighted by Gasteiger charge is -1.99. The number of nitro groups is 1. The van der Waals surface area contributed by atoms with Crippen molar-refractivity contribution >= 4 is 16.6 Å². The van der Waals surface area contributed by atoms with E-state index in [4.69, 9.17) is 0 Å². The number of benzene rings is 2. The zero-order chi connectivity index (χ0) is 14.1. The Kier molecular flexibility index (Phi) is 2.99. The molecule has 0 saturated heterocycles. The molecule has 1 heterocycles. The lowest BCUT2D eigenvalue weighted by molar-refractivity contribution is -0.383. The van der Waals surface area contributed by atoms with E-state index < -0.39 is 0 Å². The summed E-state index contributed by atoms with van der Waals surface area (Å²) in [6, 6.07) is 15.4. The summed E-state index contributed by atoms with van der Waals surface area (Å²) >= 11 is 0. The van der Waals surface area contributed by atoms with Gasteiger partial charge in [0.05, 0.1) is 4.92 Å². The van der Waals surface area contributed by atoms with Crippen molar-refractivity contribution in [2.45, 2.75) is 13.3 Å². The molecule has 0 spiro atoms. The monoisotopic (exact) mass is 266 g/mol. The SMILES string of the molecule is CCc1cc([N+](=O)[O-])c2[nH]c(-c3ccccc3)cc2c1. The molecule has 3 rings (SSSR count). The highest BCUT2D eigenvalue weighted by Gasteiger charge is 2.16. The highest BCUT2D eigenvalue weighted by Crippen LogP contribution is 2.31. The molecule has 20 heavy (non-hydrogen) atoms. The molecule has 0 radical (unpaired) electrons. The van der Waals surface area contributed by atoms with Crippen LogP contribution in [-0.4, -0.2) is 9.91 Å². The van der Waals surface area contributed by atoms with Gasteiger partial charge in [-0.25, -0.2) is 0 Å². The predicted molar refractivity (Wildman–Crippen MR) is 79.8 cm³/mol. The first-order chi connectivity index (χ1) is 9.69. The van der Waals surface area contributed by atoms with Gasteiger partial charge in [0.2, 0.25) is 0 Å². The Morgan fingerprint density at radius 3 is 2.55 bits per heavy atom. The molecular weight excluding hydrogens is 252 g/mol. The van der Waals surface area contributed by atoms with Crippen molar-refractivity contribution in [1.82, 2.24) is 4.98 Å². The number of H-pyrrole nitrogens is 1. The number of hydrogen-bond acceptors (Lipinski definition) is 2. The van der Waals surface area contributed by atoms with Crippen LogP contribution in [0.25, 0.3) is 22.2 Å². The molecule has 0 saturated carbocycles. The van der Waals surface area contributed by atoms with E-state index in [0.29, 0.717) is 5.52 Å². The molecule has 0 aliphatic carbocycles. The standard InChI is InChI=1S/C16H14N2O2/c1-2-11-8-13-10-14(12-6-4-3-5-7-12)17-16(13)15(9-11)18(19)20/h3-10,17H,2H2,1H3. The Hall–Kier alpha value is -2.62. The third-order valence-electron chi connectivity index (χ3n) is 3.46. The molecule has 0 aliphatic rings. The van der Waals surface area contributed by atoms with Crippen LogP contribution >= 0.6 is 0 Å². The molecule has 2 aromatic carbocycles. The normalized spacial score (nSPS) is 10.8. The molecule has 0 fully saturated rings. The van der Waals surface area contributed by atoms with Crippen molar-refractivity contribution in [1.29, 1.82) is 0 Å². The Bertz CT molecular complexity index is 776. The van der Waals surface area contributed by atoms with Gasteiger partial charge in [0.25, 0.3) is 5.69 Å². The highest BCUT2D eigenvalue weighted by atomic mass is 16.6. The molecule has 3 aromatic rings. The first-order valence-electron chi connectivity index (χ1n) is 6.54. The van der Waals surface area contributed by atoms with Crippen molar-refractivity contribution in [3.8, 4) is 11.3 Å². The van der Waals surface area contributed by atoms with Crippen molar-refractivity contribution in [3.05, 3.63) is 64.2 Å². The second-order valence-electron chi connectivity index (χ2n) is 4.74. The van der Waals surface area contributed by atoms with Gasteiger partial charge in [-0.1, -0.05) is 37.3 Å². The van der Waals surface area contributed by atoms with Gasteiger partial charge in [0, 0.05) is 17.1 Å². The van der Waals surface area contributed by atoms with Crippen LogP contribution in [-0.2, 0) is 6.42 Å². The minimum atomic E-state index is -0.327. The Labute approximate surface area is 116 Å². The summed E-state index contributed by atoms with van der Waals surface area (Å²) in [6.07, 6.45) is 0.780. The van der Waals surface area contributed by atoms with E-state index in [1.807, 2.05) is 49.4 Å². The maximum Gasteiger partial charge on any atom is 0.293 e. The summed E-state index contributed by atoms with van der Waals surface area (Å²) in [5.74, 6) is 0. The van der Waals surface area contributed by atoms with Gasteiger partial charge in [-0.15, -0.1) is 0 Å². The van der Waals surface area contributed by atoms with Gasteiger partial charge < -0.3 is 4.98 Å². The summed E-state index contributed by atoms with van der Waals surface area (Å²) < 4.78 is 0. The number of non-ortho nitro benzene ring substituents is 1. The second-order valence-corrected chi connectivity index (χ2v) is 4.74. The number of hydrogen-bond donors (Lipinski definition) is 1. The lowest BCUT2D eigenvalue weighted by atomic mass is 10.1. The van der Waals surface area contributed by atoms with Crippen molar-refractivity contribution in [2.24, 2.45) is 0 Å². The molecule has 1 N–H and O–H groups in total. The predicted octanol–water partition coefficient (Wildman–Crippen LogP) is 4.31. The third-order valence-corrected chi connectivity index (χ3v) is 3.46. The van der Waals surface area contributed by atoms with Crippen LogP contribution in [0.1, 0.15) is 12.5 Å². The average Bonchev–Trinajstić information content (AvgIpc) is 2.90. The van der Waals surface area contributed by atoms with Gasteiger partial charge in [0.15, 0.2) is 0 Å². The number of aryl methyl sites for hydroxylation is 1. The number of nitrogens with zero attached hydrogens (tertiary/aromatic N) is 1. The van der Waals surface area contributed by atoms with Gasteiger partial charge in [-0.3, -0.25) is 10.1 Å². The molecule has 4 nitrogen and oxygen atoms in total. The van der Waals surface area contributed by atoms with Crippen molar-refractivity contribution in [3.63, 3.8) is 0 Å². The molecule has 0 amide bonds. The van der Waals surface area contributed by atoms with Crippen molar-refractivity contribution < 1.29 is 4.92 Å². The van der Waals surface area contributed by atoms with E-state index in [2.05, 4.69) is 4.98 Å². The summed E-state index contributed by atoms with van der Waals surface area (Å²) in [4.78, 5) is 14.1. The minimum absolute atomic E-state index is 0.140. The van der Waals surface area contributed by atoms with Gasteiger partial charge in [-0.05, 0) is 29.7 Å². The van der Waals surface area contributed by atoms with Crippen LogP contribution in [0, 0.1) is 10.1 Å². The number of nitro benzene ring substituents is 1. The Balaban J connectivity index is 2.25. The molecule has 1 aromatic heterocycles. The Morgan fingerprint density at radius 2 is 1.90 bits per heavy atom. The van der Waals surface area contributed by atoms with E-state index in [-0.39, 0.29) is 10.6 Å². The van der Waals surface area contributed by atoms with E-state index >= 15 is 0 Å². The van der Waals surface area contributed by atoms with Crippen LogP contribution in [0.3, 0.4) is 0 Å². The number of aromatic amines is 1. The molecule has 0 bridgehead atoms. The molecule has 100 valence electrons. The lowest BCUT2D eigenvalue weighted by Crippen LogP contribution is -1.91. The first kappa shape index (κ1) is 12.4. The maximum absolute atomic E-state index is 11.2. The third kappa shape index (κ3) is 2.05. The van der Waals surface area contributed by atoms with E-state index in [1.54, 1.807) is 6.07 Å². The molecular formula is C16H14N2O2. The average molecular weight is 266 g/mol. The molecule has 0 aliphatic heterocycles. The minimum Gasteiger partial charge on any atom is -0.349 e. The zero-order valence-electron chi connectivity index (χ0n) is 11.1. The molecule has 4 heteroatoms. The summed E-state index contributed by atoms with van der Waals surface area (Å²) in [6.45, 7) is 2.00. The van der Waals surface area contributed by atoms with E-state index in [1.165, 1.54) is 0 Å². The van der Waals surface area contributed by atoms with Crippen LogP contribution in [0.5, 0.6) is 0 Å². The largest absolute Gasteiger partial charge is 0.349 e. The second kappa shape index (κ2) is 4.81. The van der Waals surface area contributed by atoms with Gasteiger partial charge in [-0.2, -0.15) is 0 Å². The van der Waals surface area contributed by atoms with Gasteiger partial charge >= 0.3 is 0 Å². The molecule has 0 unspecified atom stereocenters. The fourth-order valence-electron chi connectivity index (χ4n) is 2.41. The number of aromatic nitrogens is 1. The summed E-state index contributed by atoms with van der Waals surface area (Å²) in [5, 5.41) is 12.1. The Morgan fingerprint density at radius 1 is 1.15 bits per heavy atom. The zero-order valence-corrected chi connectivity index (χ0v) is 11.1. The number of fused-ring (bicyclic) bond motifs is 1. The van der Waals surface area contributed by atoms with Crippen molar-refractivity contribution in [2.75, 3.05) is 0 Å². The van der Waals surface area contributed by atoms with Crippen LogP contribution in [0.4, 0.5) is 5.69 Å². The van der Waals surface area contributed by atoms with Crippen LogP contribution < -0.4 is 0 Å². The first-order valence-corrected chi connectivity index (χ1v) is 6.54. The molecule has 0 atom stereocenters. The summed E-state index contributed by atoms with van der Waals surface area (Å²) in [7, 11) is 0. The number of rotatable bonds is 3. The number of nitrogens with one attached hydrogen (secondary N) is 1. The van der Waals surface area contributed by atoms with Crippen LogP contribution in [0.2, 0.25) is 0 Å². The highest BCUT2D eigenvalue weighted by molar-refractivity contribution is 5.92. The topological polar surface area (TPSA) is 58.9 Å².